The molecule has 0 bridgehead atoms. The molecule has 0 amide bonds. The largest absolute Gasteiger partial charge is 0.497 e. The molecule has 0 spiro atoms. The highest BCUT2D eigenvalue weighted by Crippen LogP contribution is 2.25. The Bertz CT molecular complexity index is 374. The van der Waals surface area contributed by atoms with Crippen LogP contribution in [0.15, 0.2) is 24.3 Å². The van der Waals surface area contributed by atoms with Crippen LogP contribution in [0, 0.1) is 0 Å². The van der Waals surface area contributed by atoms with Gasteiger partial charge in [-0.1, -0.05) is 12.1 Å². The van der Waals surface area contributed by atoms with Crippen LogP contribution in [0.5, 0.6) is 5.75 Å². The fourth-order valence-corrected chi connectivity index (χ4v) is 1.45. The van der Waals surface area contributed by atoms with E-state index in [1.54, 1.807) is 14.0 Å². The van der Waals surface area contributed by atoms with Crippen LogP contribution in [0.4, 0.5) is 0 Å². The van der Waals surface area contributed by atoms with E-state index in [0.29, 0.717) is 0 Å². The van der Waals surface area contributed by atoms with Crippen LogP contribution in [0.1, 0.15) is 18.9 Å². The molecule has 0 aliphatic rings. The van der Waals surface area contributed by atoms with Crippen LogP contribution in [0.3, 0.4) is 0 Å². The Labute approximate surface area is 95.3 Å². The Morgan fingerprint density at radius 2 is 2.12 bits per heavy atom. The maximum atomic E-state index is 11.2. The number of carbonyl (C=O) groups excluding carboxylic acids is 1. The fraction of sp³-hybridized carbons (Fsp3) is 0.417. The Balaban J connectivity index is 2.92. The second-order valence-electron chi connectivity index (χ2n) is 3.90. The van der Waals surface area contributed by atoms with Crippen LogP contribution < -0.4 is 10.5 Å². The highest BCUT2D eigenvalue weighted by Gasteiger charge is 2.25. The van der Waals surface area contributed by atoms with E-state index >= 15 is 0 Å². The van der Waals surface area contributed by atoms with E-state index in [2.05, 4.69) is 4.74 Å². The lowest BCUT2D eigenvalue weighted by Gasteiger charge is -2.24. The highest BCUT2D eigenvalue weighted by atomic mass is 16.5. The maximum Gasteiger partial charge on any atom is 0.307 e. The molecule has 2 N–H and O–H groups in total. The summed E-state index contributed by atoms with van der Waals surface area (Å²) in [6.45, 7) is 1.79. The normalized spacial score (nSPS) is 14.0. The van der Waals surface area contributed by atoms with Gasteiger partial charge in [0.05, 0.1) is 20.6 Å². The van der Waals surface area contributed by atoms with E-state index in [1.165, 1.54) is 7.11 Å². The van der Waals surface area contributed by atoms with Crippen molar-refractivity contribution in [1.29, 1.82) is 0 Å². The van der Waals surface area contributed by atoms with Crippen LogP contribution in [0.2, 0.25) is 0 Å². The minimum atomic E-state index is -0.748. The lowest BCUT2D eigenvalue weighted by Crippen LogP contribution is -2.35. The molecule has 1 aromatic rings. The quantitative estimate of drug-likeness (QED) is 0.784. The summed E-state index contributed by atoms with van der Waals surface area (Å²) in [5, 5.41) is 0. The van der Waals surface area contributed by atoms with Gasteiger partial charge in [-0.05, 0) is 24.6 Å². The molecule has 0 saturated carbocycles. The summed E-state index contributed by atoms with van der Waals surface area (Å²) in [5.74, 6) is 0.395. The zero-order valence-electron chi connectivity index (χ0n) is 9.82. The second-order valence-corrected chi connectivity index (χ2v) is 3.90. The minimum Gasteiger partial charge on any atom is -0.497 e. The molecule has 1 rings (SSSR count). The summed E-state index contributed by atoms with van der Waals surface area (Å²) in [5.41, 5.74) is 6.18. The first-order valence-electron chi connectivity index (χ1n) is 5.00. The van der Waals surface area contributed by atoms with Crippen molar-refractivity contribution in [3.05, 3.63) is 29.8 Å². The summed E-state index contributed by atoms with van der Waals surface area (Å²) < 4.78 is 9.72. The average Bonchev–Trinajstić information content (AvgIpc) is 2.28. The molecule has 0 aliphatic heterocycles. The molecule has 1 unspecified atom stereocenters. The second kappa shape index (κ2) is 4.99. The van der Waals surface area contributed by atoms with Gasteiger partial charge < -0.3 is 15.2 Å². The molecule has 0 fully saturated rings. The number of methoxy groups -OCH3 is 2. The Kier molecular flexibility index (Phi) is 3.90. The summed E-state index contributed by atoms with van der Waals surface area (Å²) >= 11 is 0. The smallest absolute Gasteiger partial charge is 0.307 e. The number of rotatable bonds is 4. The summed E-state index contributed by atoms with van der Waals surface area (Å²) in [6, 6.07) is 7.36. The fourth-order valence-electron chi connectivity index (χ4n) is 1.45. The van der Waals surface area contributed by atoms with Gasteiger partial charge in [-0.15, -0.1) is 0 Å². The summed E-state index contributed by atoms with van der Waals surface area (Å²) in [6.07, 6.45) is 0.136. The first kappa shape index (κ1) is 12.5. The third kappa shape index (κ3) is 2.97. The van der Waals surface area contributed by atoms with Crippen molar-refractivity contribution in [2.24, 2.45) is 5.73 Å². The molecule has 0 aliphatic carbocycles. The van der Waals surface area contributed by atoms with Gasteiger partial charge in [0.15, 0.2) is 0 Å². The molecule has 16 heavy (non-hydrogen) atoms. The molecule has 1 atom stereocenters. The minimum absolute atomic E-state index is 0.136. The predicted molar refractivity (Wildman–Crippen MR) is 61.2 cm³/mol. The molecule has 1 aromatic carbocycles. The van der Waals surface area contributed by atoms with Crippen LogP contribution in [0.25, 0.3) is 0 Å². The van der Waals surface area contributed by atoms with Gasteiger partial charge in [-0.3, -0.25) is 4.79 Å². The van der Waals surface area contributed by atoms with E-state index < -0.39 is 5.54 Å². The third-order valence-electron chi connectivity index (χ3n) is 2.47. The van der Waals surface area contributed by atoms with Gasteiger partial charge in [0, 0.05) is 5.54 Å². The zero-order chi connectivity index (χ0) is 12.2. The monoisotopic (exact) mass is 223 g/mol. The van der Waals surface area contributed by atoms with Gasteiger partial charge >= 0.3 is 5.97 Å². The Morgan fingerprint density at radius 3 is 2.69 bits per heavy atom. The van der Waals surface area contributed by atoms with Crippen molar-refractivity contribution in [2.75, 3.05) is 14.2 Å². The topological polar surface area (TPSA) is 61.5 Å². The first-order chi connectivity index (χ1) is 7.49. The van der Waals surface area contributed by atoms with Crippen molar-refractivity contribution < 1.29 is 14.3 Å². The molecule has 0 heterocycles. The van der Waals surface area contributed by atoms with Crippen LogP contribution >= 0.6 is 0 Å². The zero-order valence-corrected chi connectivity index (χ0v) is 9.82. The number of benzene rings is 1. The average molecular weight is 223 g/mol. The Morgan fingerprint density at radius 1 is 1.44 bits per heavy atom. The number of hydrogen-bond acceptors (Lipinski definition) is 4. The van der Waals surface area contributed by atoms with Crippen molar-refractivity contribution in [3.8, 4) is 5.75 Å². The summed E-state index contributed by atoms with van der Waals surface area (Å²) in [7, 11) is 2.94. The molecule has 88 valence electrons. The van der Waals surface area contributed by atoms with E-state index in [0.717, 1.165) is 11.3 Å². The van der Waals surface area contributed by atoms with E-state index in [1.807, 2.05) is 24.3 Å². The Hall–Kier alpha value is -1.55. The van der Waals surface area contributed by atoms with Crippen molar-refractivity contribution in [3.63, 3.8) is 0 Å². The standard InChI is InChI=1S/C12H17NO3/c1-12(13,8-11(14)16-3)9-5-4-6-10(7-9)15-2/h4-7H,8,13H2,1-3H3. The molecular weight excluding hydrogens is 206 g/mol. The number of nitrogens with two attached hydrogens (primary N) is 1. The van der Waals surface area contributed by atoms with Gasteiger partial charge in [-0.2, -0.15) is 0 Å². The molecule has 0 saturated heterocycles. The third-order valence-corrected chi connectivity index (χ3v) is 2.47. The van der Waals surface area contributed by atoms with Crippen molar-refractivity contribution in [2.45, 2.75) is 18.9 Å². The number of carbonyl (C=O) groups is 1. The predicted octanol–water partition coefficient (Wildman–Crippen LogP) is 1.43. The van der Waals surface area contributed by atoms with Crippen LogP contribution in [-0.4, -0.2) is 20.2 Å². The number of hydrogen-bond donors (Lipinski definition) is 1. The first-order valence-corrected chi connectivity index (χ1v) is 5.00. The molecule has 4 nitrogen and oxygen atoms in total. The van der Waals surface area contributed by atoms with E-state index in [4.69, 9.17) is 10.5 Å². The van der Waals surface area contributed by atoms with Gasteiger partial charge in [0.2, 0.25) is 0 Å². The van der Waals surface area contributed by atoms with Gasteiger partial charge in [0.1, 0.15) is 5.75 Å². The van der Waals surface area contributed by atoms with Gasteiger partial charge in [-0.25, -0.2) is 0 Å². The van der Waals surface area contributed by atoms with E-state index in [9.17, 15) is 4.79 Å². The summed E-state index contributed by atoms with van der Waals surface area (Å²) in [4.78, 5) is 11.2. The lowest BCUT2D eigenvalue weighted by atomic mass is 9.90. The molecule has 4 heteroatoms. The lowest BCUT2D eigenvalue weighted by molar-refractivity contribution is -0.141. The van der Waals surface area contributed by atoms with E-state index in [-0.39, 0.29) is 12.4 Å². The van der Waals surface area contributed by atoms with Crippen LogP contribution in [-0.2, 0) is 15.1 Å². The molecule has 0 aromatic heterocycles. The highest BCUT2D eigenvalue weighted by molar-refractivity contribution is 5.71. The number of ether oxygens (including phenoxy) is 2. The van der Waals surface area contributed by atoms with Gasteiger partial charge in [0.25, 0.3) is 0 Å². The number of esters is 1. The van der Waals surface area contributed by atoms with Crippen molar-refractivity contribution >= 4 is 5.97 Å². The molecule has 0 radical (unpaired) electrons. The molecular formula is C12H17NO3. The SMILES string of the molecule is COC(=O)CC(C)(N)c1cccc(OC)c1. The van der Waals surface area contributed by atoms with Crippen molar-refractivity contribution in [1.82, 2.24) is 0 Å². The maximum absolute atomic E-state index is 11.2.